The Balaban J connectivity index is 1.80. The average molecular weight is 433 g/mol. The van der Waals surface area contributed by atoms with Gasteiger partial charge in [-0.1, -0.05) is 23.7 Å². The number of rotatable bonds is 6. The Morgan fingerprint density at radius 2 is 1.69 bits per heavy atom. The van der Waals surface area contributed by atoms with E-state index in [-0.39, 0.29) is 22.0 Å². The summed E-state index contributed by atoms with van der Waals surface area (Å²) in [4.78, 5) is 22.2. The van der Waals surface area contributed by atoms with Crippen LogP contribution in [-0.2, 0) is 10.1 Å². The van der Waals surface area contributed by atoms with Gasteiger partial charge in [0.15, 0.2) is 0 Å². The first-order valence-corrected chi connectivity index (χ1v) is 9.89. The number of non-ortho nitro benzene ring substituents is 1. The molecule has 0 atom stereocenters. The van der Waals surface area contributed by atoms with Gasteiger partial charge in [0.2, 0.25) is 0 Å². The average Bonchev–Trinajstić information content (AvgIpc) is 2.68. The number of nitro benzene ring substituents is 1. The zero-order valence-corrected chi connectivity index (χ0v) is 16.2. The van der Waals surface area contributed by atoms with Crippen molar-refractivity contribution in [3.63, 3.8) is 0 Å². The van der Waals surface area contributed by atoms with Crippen molar-refractivity contribution in [2.75, 3.05) is 5.32 Å². The molecular weight excluding hydrogens is 420 g/mol. The van der Waals surface area contributed by atoms with Gasteiger partial charge in [0.1, 0.15) is 10.6 Å². The number of hydrogen-bond acceptors (Lipinski definition) is 6. The van der Waals surface area contributed by atoms with Gasteiger partial charge in [-0.3, -0.25) is 14.9 Å². The molecule has 0 aliphatic carbocycles. The molecule has 8 nitrogen and oxygen atoms in total. The molecule has 0 fully saturated rings. The molecule has 0 spiro atoms. The van der Waals surface area contributed by atoms with E-state index in [9.17, 15) is 23.3 Å². The number of amides is 1. The van der Waals surface area contributed by atoms with Crippen LogP contribution < -0.4 is 9.50 Å². The van der Waals surface area contributed by atoms with Crippen molar-refractivity contribution in [2.45, 2.75) is 4.90 Å². The van der Waals surface area contributed by atoms with Gasteiger partial charge < -0.3 is 9.50 Å². The maximum absolute atomic E-state index is 12.5. The number of nitrogens with one attached hydrogen (secondary N) is 1. The SMILES string of the molecule is O=C(Nc1cccc(S(=O)(=O)Oc2cccc([N+](=O)[O-])c2)c1)c1ccc(Cl)cc1. The normalized spacial score (nSPS) is 10.9. The van der Waals surface area contributed by atoms with Crippen LogP contribution in [0.25, 0.3) is 0 Å². The summed E-state index contributed by atoms with van der Waals surface area (Å²) in [5.74, 6) is -0.648. The van der Waals surface area contributed by atoms with E-state index in [1.807, 2.05) is 0 Å². The third kappa shape index (κ3) is 5.09. The number of benzene rings is 3. The van der Waals surface area contributed by atoms with E-state index < -0.39 is 20.9 Å². The third-order valence-corrected chi connectivity index (χ3v) is 5.22. The lowest BCUT2D eigenvalue weighted by molar-refractivity contribution is -0.384. The molecule has 0 radical (unpaired) electrons. The van der Waals surface area contributed by atoms with Gasteiger partial charge in [-0.05, 0) is 48.5 Å². The van der Waals surface area contributed by atoms with Gasteiger partial charge in [-0.2, -0.15) is 8.42 Å². The molecule has 0 heterocycles. The summed E-state index contributed by atoms with van der Waals surface area (Å²) in [5.41, 5.74) is 0.269. The van der Waals surface area contributed by atoms with Gasteiger partial charge in [-0.15, -0.1) is 0 Å². The molecule has 148 valence electrons. The first-order chi connectivity index (χ1) is 13.7. The van der Waals surface area contributed by atoms with Crippen LogP contribution >= 0.6 is 11.6 Å². The minimum Gasteiger partial charge on any atom is -0.379 e. The fraction of sp³-hybridized carbons (Fsp3) is 0. The minimum atomic E-state index is -4.28. The highest BCUT2D eigenvalue weighted by molar-refractivity contribution is 7.87. The molecular formula is C19H13ClN2O6S. The van der Waals surface area contributed by atoms with Crippen molar-refractivity contribution < 1.29 is 22.3 Å². The Bertz CT molecular complexity index is 1180. The van der Waals surface area contributed by atoms with Crippen LogP contribution in [-0.4, -0.2) is 19.2 Å². The largest absolute Gasteiger partial charge is 0.379 e. The number of carbonyl (C=O) groups is 1. The Kier molecular flexibility index (Phi) is 5.81. The van der Waals surface area contributed by atoms with Gasteiger partial charge in [-0.25, -0.2) is 0 Å². The maximum Gasteiger partial charge on any atom is 0.339 e. The molecule has 3 aromatic carbocycles. The molecule has 0 aliphatic heterocycles. The quantitative estimate of drug-likeness (QED) is 0.353. The molecule has 10 heteroatoms. The summed E-state index contributed by atoms with van der Waals surface area (Å²) in [7, 11) is -4.28. The summed E-state index contributed by atoms with van der Waals surface area (Å²) in [6, 6.07) is 16.5. The molecule has 0 bridgehead atoms. The second-order valence-corrected chi connectivity index (χ2v) is 7.76. The third-order valence-electron chi connectivity index (χ3n) is 3.72. The lowest BCUT2D eigenvalue weighted by Crippen LogP contribution is -2.13. The van der Waals surface area contributed by atoms with Gasteiger partial charge in [0, 0.05) is 22.3 Å². The van der Waals surface area contributed by atoms with Crippen LogP contribution in [0.2, 0.25) is 5.02 Å². The molecule has 0 saturated heterocycles. The first kappa shape index (κ1) is 20.3. The van der Waals surface area contributed by atoms with E-state index in [2.05, 4.69) is 5.32 Å². The minimum absolute atomic E-state index is 0.199. The van der Waals surface area contributed by atoms with Gasteiger partial charge in [0.25, 0.3) is 11.6 Å². The standard InChI is InChI=1S/C19H13ClN2O6S/c20-14-9-7-13(8-10-14)19(23)21-15-3-1-6-18(11-15)29(26,27)28-17-5-2-4-16(12-17)22(24)25/h1-12H,(H,21,23). The highest BCUT2D eigenvalue weighted by atomic mass is 35.5. The molecule has 3 aromatic rings. The molecule has 1 amide bonds. The molecule has 0 unspecified atom stereocenters. The number of carbonyl (C=O) groups excluding carboxylic acids is 1. The first-order valence-electron chi connectivity index (χ1n) is 8.10. The highest BCUT2D eigenvalue weighted by Crippen LogP contribution is 2.24. The van der Waals surface area contributed by atoms with E-state index in [4.69, 9.17) is 15.8 Å². The smallest absolute Gasteiger partial charge is 0.339 e. The Labute approximate surface area is 171 Å². The Morgan fingerprint density at radius 1 is 1.00 bits per heavy atom. The predicted octanol–water partition coefficient (Wildman–Crippen LogP) is 4.27. The molecule has 29 heavy (non-hydrogen) atoms. The number of nitrogens with zero attached hydrogens (tertiary/aromatic N) is 1. The van der Waals surface area contributed by atoms with Gasteiger partial charge >= 0.3 is 10.1 Å². The lowest BCUT2D eigenvalue weighted by Gasteiger charge is -2.09. The van der Waals surface area contributed by atoms with Crippen molar-refractivity contribution in [2.24, 2.45) is 0 Å². The molecule has 0 aliphatic rings. The zero-order valence-electron chi connectivity index (χ0n) is 14.6. The summed E-state index contributed by atoms with van der Waals surface area (Å²) in [6.45, 7) is 0. The van der Waals surface area contributed by atoms with E-state index in [0.717, 1.165) is 6.07 Å². The predicted molar refractivity (Wildman–Crippen MR) is 107 cm³/mol. The van der Waals surface area contributed by atoms with E-state index >= 15 is 0 Å². The number of nitro groups is 1. The van der Waals surface area contributed by atoms with Crippen LogP contribution in [0.4, 0.5) is 11.4 Å². The van der Waals surface area contributed by atoms with Crippen molar-refractivity contribution >= 4 is 39.0 Å². The van der Waals surface area contributed by atoms with E-state index in [1.54, 1.807) is 12.1 Å². The fourth-order valence-corrected chi connectivity index (χ4v) is 3.45. The van der Waals surface area contributed by atoms with Crippen LogP contribution in [0.5, 0.6) is 5.75 Å². The van der Waals surface area contributed by atoms with Crippen LogP contribution in [0.1, 0.15) is 10.4 Å². The molecule has 1 N–H and O–H groups in total. The van der Waals surface area contributed by atoms with Crippen LogP contribution in [0.15, 0.2) is 77.7 Å². The maximum atomic E-state index is 12.5. The Hall–Kier alpha value is -3.43. The fourth-order valence-electron chi connectivity index (χ4n) is 2.36. The second-order valence-electron chi connectivity index (χ2n) is 5.78. The topological polar surface area (TPSA) is 116 Å². The van der Waals surface area contributed by atoms with Crippen molar-refractivity contribution in [3.05, 3.63) is 93.5 Å². The van der Waals surface area contributed by atoms with Crippen molar-refractivity contribution in [1.29, 1.82) is 0 Å². The monoisotopic (exact) mass is 432 g/mol. The van der Waals surface area contributed by atoms with Gasteiger partial charge in [0.05, 0.1) is 11.0 Å². The number of hydrogen-bond donors (Lipinski definition) is 1. The van der Waals surface area contributed by atoms with E-state index in [0.29, 0.717) is 10.6 Å². The lowest BCUT2D eigenvalue weighted by atomic mass is 10.2. The van der Waals surface area contributed by atoms with E-state index in [1.165, 1.54) is 54.6 Å². The van der Waals surface area contributed by atoms with Crippen molar-refractivity contribution in [3.8, 4) is 5.75 Å². The van der Waals surface area contributed by atoms with Crippen LogP contribution in [0.3, 0.4) is 0 Å². The summed E-state index contributed by atoms with van der Waals surface area (Å²) in [5, 5.41) is 13.9. The summed E-state index contributed by atoms with van der Waals surface area (Å²) in [6.07, 6.45) is 0. The van der Waals surface area contributed by atoms with Crippen LogP contribution in [0, 0.1) is 10.1 Å². The molecule has 0 saturated carbocycles. The van der Waals surface area contributed by atoms with Crippen molar-refractivity contribution in [1.82, 2.24) is 0 Å². The molecule has 3 rings (SSSR count). The molecule has 0 aromatic heterocycles. The summed E-state index contributed by atoms with van der Waals surface area (Å²) < 4.78 is 30.0. The Morgan fingerprint density at radius 3 is 2.38 bits per heavy atom. The second kappa shape index (κ2) is 8.29. The zero-order chi connectivity index (χ0) is 21.0. The summed E-state index contributed by atoms with van der Waals surface area (Å²) >= 11 is 5.79. The number of halogens is 1. The highest BCUT2D eigenvalue weighted by Gasteiger charge is 2.19. The number of anilines is 1.